The predicted octanol–water partition coefficient (Wildman–Crippen LogP) is -0.584. The Morgan fingerprint density at radius 2 is 2.64 bits per heavy atom. The molecule has 5 nitrogen and oxygen atoms in total. The second-order valence-electron chi connectivity index (χ2n) is 2.47. The minimum Gasteiger partial charge on any atom is -0.445 e. The summed E-state index contributed by atoms with van der Waals surface area (Å²) >= 11 is 0. The molecule has 11 heavy (non-hydrogen) atoms. The molecule has 1 saturated heterocycles. The molecule has 0 aromatic heterocycles. The van der Waals surface area contributed by atoms with E-state index in [4.69, 9.17) is 10.5 Å². The number of carbonyl (C=O) groups excluding carboxylic acids is 1. The molecular formula is C6H12N2O3. The van der Waals surface area contributed by atoms with Gasteiger partial charge >= 0.3 is 6.09 Å². The summed E-state index contributed by atoms with van der Waals surface area (Å²) in [6, 6.07) is 0. The lowest BCUT2D eigenvalue weighted by Gasteiger charge is -2.09. The topological polar surface area (TPSA) is 73.6 Å². The van der Waals surface area contributed by atoms with Gasteiger partial charge in [-0.1, -0.05) is 0 Å². The van der Waals surface area contributed by atoms with Crippen molar-refractivity contribution in [3.63, 3.8) is 0 Å². The fourth-order valence-corrected chi connectivity index (χ4v) is 0.930. The smallest absolute Gasteiger partial charge is 0.404 e. The molecule has 0 saturated carbocycles. The molecule has 1 aliphatic rings. The Bertz CT molecular complexity index is 151. The maximum atomic E-state index is 10.2. The van der Waals surface area contributed by atoms with Gasteiger partial charge in [0, 0.05) is 6.54 Å². The largest absolute Gasteiger partial charge is 0.445 e. The van der Waals surface area contributed by atoms with E-state index in [1.54, 1.807) is 0 Å². The Morgan fingerprint density at radius 1 is 1.91 bits per heavy atom. The summed E-state index contributed by atoms with van der Waals surface area (Å²) in [7, 11) is 0. The first kappa shape index (κ1) is 8.29. The second kappa shape index (κ2) is 3.54. The van der Waals surface area contributed by atoms with Crippen molar-refractivity contribution >= 4 is 6.09 Å². The van der Waals surface area contributed by atoms with E-state index in [0.717, 1.165) is 6.54 Å². The standard InChI is InChI=1S/C6H12N2O3/c1-4-2-8-5(11-4)3-10-6(7)9/h4-5,8H,2-3H2,1H3,(H2,7,9). The monoisotopic (exact) mass is 160 g/mol. The average molecular weight is 160 g/mol. The molecule has 1 rings (SSSR count). The predicted molar refractivity (Wildman–Crippen MR) is 37.9 cm³/mol. The molecule has 64 valence electrons. The maximum absolute atomic E-state index is 10.2. The van der Waals surface area contributed by atoms with Gasteiger partial charge in [0.2, 0.25) is 0 Å². The summed E-state index contributed by atoms with van der Waals surface area (Å²) in [5.74, 6) is 0. The number of ether oxygens (including phenoxy) is 2. The Labute approximate surface area is 64.8 Å². The van der Waals surface area contributed by atoms with Crippen molar-refractivity contribution in [1.29, 1.82) is 0 Å². The van der Waals surface area contributed by atoms with Crippen molar-refractivity contribution in [2.24, 2.45) is 5.73 Å². The third kappa shape index (κ3) is 2.73. The molecule has 0 bridgehead atoms. The van der Waals surface area contributed by atoms with E-state index in [2.05, 4.69) is 10.1 Å². The van der Waals surface area contributed by atoms with E-state index in [9.17, 15) is 4.79 Å². The van der Waals surface area contributed by atoms with Gasteiger partial charge in [0.15, 0.2) is 0 Å². The van der Waals surface area contributed by atoms with Crippen molar-refractivity contribution in [3.05, 3.63) is 0 Å². The third-order valence-corrected chi connectivity index (χ3v) is 1.41. The van der Waals surface area contributed by atoms with E-state index in [1.165, 1.54) is 0 Å². The number of rotatable bonds is 2. The second-order valence-corrected chi connectivity index (χ2v) is 2.47. The van der Waals surface area contributed by atoms with Gasteiger partial charge in [-0.3, -0.25) is 5.32 Å². The molecule has 0 aliphatic carbocycles. The zero-order chi connectivity index (χ0) is 8.27. The number of nitrogens with two attached hydrogens (primary N) is 1. The number of carbonyl (C=O) groups is 1. The quantitative estimate of drug-likeness (QED) is 0.566. The number of hydrogen-bond acceptors (Lipinski definition) is 4. The van der Waals surface area contributed by atoms with Crippen LogP contribution >= 0.6 is 0 Å². The summed E-state index contributed by atoms with van der Waals surface area (Å²) in [5.41, 5.74) is 4.76. The highest BCUT2D eigenvalue weighted by molar-refractivity contribution is 5.64. The van der Waals surface area contributed by atoms with Crippen molar-refractivity contribution in [3.8, 4) is 0 Å². The van der Waals surface area contributed by atoms with Crippen molar-refractivity contribution in [1.82, 2.24) is 5.32 Å². The summed E-state index contributed by atoms with van der Waals surface area (Å²) in [4.78, 5) is 10.2. The Kier molecular flexibility index (Phi) is 2.67. The van der Waals surface area contributed by atoms with E-state index in [1.807, 2.05) is 6.92 Å². The van der Waals surface area contributed by atoms with E-state index >= 15 is 0 Å². The fourth-order valence-electron chi connectivity index (χ4n) is 0.930. The summed E-state index contributed by atoms with van der Waals surface area (Å²) < 4.78 is 9.79. The summed E-state index contributed by atoms with van der Waals surface area (Å²) in [5, 5.41) is 3.01. The van der Waals surface area contributed by atoms with Gasteiger partial charge in [0.05, 0.1) is 6.10 Å². The molecule has 1 aliphatic heterocycles. The van der Waals surface area contributed by atoms with Gasteiger partial charge in [-0.15, -0.1) is 0 Å². The maximum Gasteiger partial charge on any atom is 0.404 e. The lowest BCUT2D eigenvalue weighted by atomic mass is 10.4. The normalized spacial score (nSPS) is 30.3. The molecular weight excluding hydrogens is 148 g/mol. The number of hydrogen-bond donors (Lipinski definition) is 2. The Hall–Kier alpha value is -0.810. The van der Waals surface area contributed by atoms with Crippen LogP contribution < -0.4 is 11.1 Å². The van der Waals surface area contributed by atoms with Crippen molar-refractivity contribution < 1.29 is 14.3 Å². The molecule has 1 fully saturated rings. The zero-order valence-corrected chi connectivity index (χ0v) is 6.37. The highest BCUT2D eigenvalue weighted by Gasteiger charge is 2.21. The molecule has 0 radical (unpaired) electrons. The van der Waals surface area contributed by atoms with Gasteiger partial charge in [-0.25, -0.2) is 4.79 Å². The lowest BCUT2D eigenvalue weighted by molar-refractivity contribution is 0.00788. The highest BCUT2D eigenvalue weighted by atomic mass is 16.6. The number of primary amides is 1. The molecule has 1 amide bonds. The van der Waals surface area contributed by atoms with E-state index < -0.39 is 6.09 Å². The van der Waals surface area contributed by atoms with Crippen LogP contribution in [-0.4, -0.2) is 31.6 Å². The molecule has 0 aromatic carbocycles. The molecule has 5 heteroatoms. The minimum absolute atomic E-state index is 0.177. The fraction of sp³-hybridized carbons (Fsp3) is 0.833. The van der Waals surface area contributed by atoms with Gasteiger partial charge in [0.1, 0.15) is 12.8 Å². The summed E-state index contributed by atoms with van der Waals surface area (Å²) in [6.07, 6.45) is -0.788. The number of nitrogens with one attached hydrogen (secondary N) is 1. The van der Waals surface area contributed by atoms with Crippen molar-refractivity contribution in [2.45, 2.75) is 19.3 Å². The van der Waals surface area contributed by atoms with E-state index in [0.29, 0.717) is 0 Å². The molecule has 3 N–H and O–H groups in total. The van der Waals surface area contributed by atoms with Crippen LogP contribution in [0.4, 0.5) is 4.79 Å². The Balaban J connectivity index is 2.13. The lowest BCUT2D eigenvalue weighted by Crippen LogP contribution is -2.30. The van der Waals surface area contributed by atoms with E-state index in [-0.39, 0.29) is 18.9 Å². The van der Waals surface area contributed by atoms with Crippen LogP contribution in [0.15, 0.2) is 0 Å². The van der Waals surface area contributed by atoms with Gasteiger partial charge in [-0.05, 0) is 6.92 Å². The van der Waals surface area contributed by atoms with Crippen LogP contribution in [-0.2, 0) is 9.47 Å². The first-order valence-corrected chi connectivity index (χ1v) is 3.49. The van der Waals surface area contributed by atoms with Crippen LogP contribution in [0.5, 0.6) is 0 Å². The SMILES string of the molecule is CC1CNC(COC(N)=O)O1. The Morgan fingerprint density at radius 3 is 3.09 bits per heavy atom. The highest BCUT2D eigenvalue weighted by Crippen LogP contribution is 2.03. The first-order valence-electron chi connectivity index (χ1n) is 3.49. The first-order chi connectivity index (χ1) is 5.18. The van der Waals surface area contributed by atoms with Gasteiger partial charge < -0.3 is 15.2 Å². The molecule has 2 unspecified atom stereocenters. The van der Waals surface area contributed by atoms with Gasteiger partial charge in [0.25, 0.3) is 0 Å². The molecule has 0 aromatic rings. The van der Waals surface area contributed by atoms with Crippen LogP contribution in [0.25, 0.3) is 0 Å². The minimum atomic E-state index is -0.769. The molecule has 1 heterocycles. The average Bonchev–Trinajstić information content (AvgIpc) is 2.31. The van der Waals surface area contributed by atoms with Crippen LogP contribution in [0.3, 0.4) is 0 Å². The third-order valence-electron chi connectivity index (χ3n) is 1.41. The van der Waals surface area contributed by atoms with Gasteiger partial charge in [-0.2, -0.15) is 0 Å². The van der Waals surface area contributed by atoms with Crippen LogP contribution in [0, 0.1) is 0 Å². The van der Waals surface area contributed by atoms with Crippen LogP contribution in [0.1, 0.15) is 6.92 Å². The summed E-state index contributed by atoms with van der Waals surface area (Å²) in [6.45, 7) is 2.91. The van der Waals surface area contributed by atoms with Crippen LogP contribution in [0.2, 0.25) is 0 Å². The number of amides is 1. The molecule has 2 atom stereocenters. The zero-order valence-electron chi connectivity index (χ0n) is 6.37. The molecule has 0 spiro atoms. The van der Waals surface area contributed by atoms with Crippen molar-refractivity contribution in [2.75, 3.05) is 13.2 Å².